The van der Waals surface area contributed by atoms with Crippen LogP contribution in [0.15, 0.2) is 16.8 Å². The number of rotatable bonds is 4. The number of amides is 1. The zero-order valence-corrected chi connectivity index (χ0v) is 14.0. The zero-order chi connectivity index (χ0) is 15.5. The topological polar surface area (TPSA) is 59.2 Å². The quantitative estimate of drug-likeness (QED) is 0.856. The molecule has 3 heterocycles. The van der Waals surface area contributed by atoms with Gasteiger partial charge in [-0.3, -0.25) is 4.79 Å². The number of piperidine rings is 1. The Morgan fingerprint density at radius 2 is 2.45 bits per heavy atom. The monoisotopic (exact) mass is 339 g/mol. The fraction of sp³-hybridized carbons (Fsp3) is 0.533. The summed E-state index contributed by atoms with van der Waals surface area (Å²) in [6.45, 7) is 3.66. The molecule has 0 bridgehead atoms. The molecule has 1 atom stereocenters. The van der Waals surface area contributed by atoms with Crippen molar-refractivity contribution < 1.29 is 9.32 Å². The number of thiazole rings is 1. The summed E-state index contributed by atoms with van der Waals surface area (Å²) in [4.78, 5) is 20.0. The van der Waals surface area contributed by atoms with E-state index in [1.807, 2.05) is 11.1 Å². The predicted octanol–water partition coefficient (Wildman–Crippen LogP) is 3.43. The molecule has 0 unspecified atom stereocenters. The van der Waals surface area contributed by atoms with E-state index in [2.05, 4.69) is 17.1 Å². The van der Waals surface area contributed by atoms with Crippen LogP contribution >= 0.6 is 22.9 Å². The van der Waals surface area contributed by atoms with Gasteiger partial charge < -0.3 is 9.42 Å². The van der Waals surface area contributed by atoms with Crippen LogP contribution in [0.5, 0.6) is 0 Å². The van der Waals surface area contributed by atoms with Gasteiger partial charge in [0.25, 0.3) is 0 Å². The summed E-state index contributed by atoms with van der Waals surface area (Å²) in [5.74, 6) is 1.18. The summed E-state index contributed by atoms with van der Waals surface area (Å²) in [7, 11) is 0. The molecule has 0 aromatic carbocycles. The van der Waals surface area contributed by atoms with E-state index >= 15 is 0 Å². The van der Waals surface area contributed by atoms with Crippen molar-refractivity contribution in [3.8, 4) is 0 Å². The van der Waals surface area contributed by atoms with Gasteiger partial charge in [-0.25, -0.2) is 4.98 Å². The number of halogens is 1. The van der Waals surface area contributed by atoms with E-state index < -0.39 is 0 Å². The van der Waals surface area contributed by atoms with Gasteiger partial charge in [0, 0.05) is 49.0 Å². The van der Waals surface area contributed by atoms with E-state index in [1.54, 1.807) is 17.4 Å². The van der Waals surface area contributed by atoms with Crippen molar-refractivity contribution in [2.24, 2.45) is 0 Å². The number of carbonyl (C=O) groups is 1. The fourth-order valence-electron chi connectivity index (χ4n) is 2.76. The van der Waals surface area contributed by atoms with Crippen molar-refractivity contribution in [3.63, 3.8) is 0 Å². The first-order chi connectivity index (χ1) is 10.6. The van der Waals surface area contributed by atoms with Crippen LogP contribution in [0.2, 0.25) is 5.15 Å². The molecule has 5 nitrogen and oxygen atoms in total. The van der Waals surface area contributed by atoms with Gasteiger partial charge in [-0.2, -0.15) is 0 Å². The summed E-state index contributed by atoms with van der Waals surface area (Å²) >= 11 is 7.44. The minimum Gasteiger partial charge on any atom is -0.360 e. The highest BCUT2D eigenvalue weighted by Crippen LogP contribution is 2.30. The van der Waals surface area contributed by atoms with Crippen LogP contribution in [0.4, 0.5) is 0 Å². The lowest BCUT2D eigenvalue weighted by Crippen LogP contribution is -2.39. The highest BCUT2D eigenvalue weighted by Gasteiger charge is 2.26. The Bertz CT molecular complexity index is 655. The summed E-state index contributed by atoms with van der Waals surface area (Å²) in [5.41, 5.74) is 0. The van der Waals surface area contributed by atoms with Crippen molar-refractivity contribution in [3.05, 3.63) is 33.1 Å². The predicted molar refractivity (Wildman–Crippen MR) is 85.2 cm³/mol. The molecule has 1 saturated heterocycles. The lowest BCUT2D eigenvalue weighted by molar-refractivity contribution is -0.132. The van der Waals surface area contributed by atoms with Gasteiger partial charge in [-0.05, 0) is 19.8 Å². The Labute approximate surface area is 138 Å². The third kappa shape index (κ3) is 3.67. The third-order valence-electron chi connectivity index (χ3n) is 3.88. The minimum absolute atomic E-state index is 0.158. The summed E-state index contributed by atoms with van der Waals surface area (Å²) in [6.07, 6.45) is 5.01. The Balaban J connectivity index is 1.55. The highest BCUT2D eigenvalue weighted by molar-refractivity contribution is 7.11. The zero-order valence-electron chi connectivity index (χ0n) is 12.4. The highest BCUT2D eigenvalue weighted by atomic mass is 35.5. The summed E-state index contributed by atoms with van der Waals surface area (Å²) in [5, 5.41) is 5.10. The molecule has 3 rings (SSSR count). The Morgan fingerprint density at radius 3 is 3.14 bits per heavy atom. The molecule has 1 aliphatic rings. The van der Waals surface area contributed by atoms with Crippen LogP contribution in [0.25, 0.3) is 0 Å². The molecule has 0 aliphatic carbocycles. The molecular formula is C15H18ClN3O2S. The number of hydrogen-bond acceptors (Lipinski definition) is 5. The Kier molecular flexibility index (Phi) is 4.78. The second-order valence-electron chi connectivity index (χ2n) is 5.60. The normalized spacial score (nSPS) is 18.6. The average molecular weight is 340 g/mol. The molecule has 2 aromatic rings. The van der Waals surface area contributed by atoms with Crippen molar-refractivity contribution in [2.45, 2.75) is 38.5 Å². The standard InChI is InChI=1S/C15H18ClN3O2S/c1-10-8-17-15(22-10)11-3-2-6-19(9-11)14(20)5-4-12-7-13(16)18-21-12/h7-8,11H,2-6,9H2,1H3/t11-/m1/s1. The molecule has 0 N–H and O–H groups in total. The van der Waals surface area contributed by atoms with E-state index in [0.717, 1.165) is 30.9 Å². The van der Waals surface area contributed by atoms with E-state index in [1.165, 1.54) is 4.88 Å². The molecule has 118 valence electrons. The number of nitrogens with zero attached hydrogens (tertiary/aromatic N) is 3. The van der Waals surface area contributed by atoms with Gasteiger partial charge in [-0.1, -0.05) is 16.8 Å². The molecule has 0 spiro atoms. The van der Waals surface area contributed by atoms with Gasteiger partial charge in [0.15, 0.2) is 5.15 Å². The van der Waals surface area contributed by atoms with E-state index in [9.17, 15) is 4.79 Å². The maximum Gasteiger partial charge on any atom is 0.223 e. The van der Waals surface area contributed by atoms with Gasteiger partial charge >= 0.3 is 0 Å². The van der Waals surface area contributed by atoms with Crippen LogP contribution < -0.4 is 0 Å². The molecular weight excluding hydrogens is 322 g/mol. The van der Waals surface area contributed by atoms with Crippen molar-refractivity contribution in [1.82, 2.24) is 15.0 Å². The largest absolute Gasteiger partial charge is 0.360 e. The summed E-state index contributed by atoms with van der Waals surface area (Å²) < 4.78 is 5.03. The number of likely N-dealkylation sites (tertiary alicyclic amines) is 1. The lowest BCUT2D eigenvalue weighted by atomic mass is 9.98. The first-order valence-electron chi connectivity index (χ1n) is 7.43. The van der Waals surface area contributed by atoms with Gasteiger partial charge in [-0.15, -0.1) is 11.3 Å². The van der Waals surface area contributed by atoms with Gasteiger partial charge in [0.1, 0.15) is 5.76 Å². The van der Waals surface area contributed by atoms with E-state index in [0.29, 0.717) is 29.7 Å². The molecule has 7 heteroatoms. The van der Waals surface area contributed by atoms with Crippen LogP contribution in [0, 0.1) is 6.92 Å². The number of aryl methyl sites for hydroxylation is 2. The van der Waals surface area contributed by atoms with Gasteiger partial charge in [0.2, 0.25) is 5.91 Å². The molecule has 1 fully saturated rings. The van der Waals surface area contributed by atoms with Crippen LogP contribution in [0.1, 0.15) is 40.8 Å². The van der Waals surface area contributed by atoms with Gasteiger partial charge in [0.05, 0.1) is 5.01 Å². The van der Waals surface area contributed by atoms with Crippen molar-refractivity contribution >= 4 is 28.8 Å². The second kappa shape index (κ2) is 6.79. The first kappa shape index (κ1) is 15.5. The van der Waals surface area contributed by atoms with Crippen LogP contribution in [0.3, 0.4) is 0 Å². The summed E-state index contributed by atoms with van der Waals surface area (Å²) in [6, 6.07) is 1.66. The van der Waals surface area contributed by atoms with Crippen LogP contribution in [-0.2, 0) is 11.2 Å². The first-order valence-corrected chi connectivity index (χ1v) is 8.62. The number of carbonyl (C=O) groups excluding carboxylic acids is 1. The smallest absolute Gasteiger partial charge is 0.223 e. The lowest BCUT2D eigenvalue weighted by Gasteiger charge is -2.31. The molecule has 22 heavy (non-hydrogen) atoms. The molecule has 0 radical (unpaired) electrons. The Morgan fingerprint density at radius 1 is 1.59 bits per heavy atom. The molecule has 1 aliphatic heterocycles. The molecule has 1 amide bonds. The maximum atomic E-state index is 12.4. The Hall–Kier alpha value is -1.40. The molecule has 2 aromatic heterocycles. The SMILES string of the molecule is Cc1cnc([C@@H]2CCCN(C(=O)CCc3cc(Cl)no3)C2)s1. The fourth-order valence-corrected chi connectivity index (χ4v) is 3.82. The second-order valence-corrected chi connectivity index (χ2v) is 7.26. The molecule has 0 saturated carbocycles. The van der Waals surface area contributed by atoms with Crippen LogP contribution in [-0.4, -0.2) is 34.0 Å². The minimum atomic E-state index is 0.158. The third-order valence-corrected chi connectivity index (χ3v) is 5.13. The van der Waals surface area contributed by atoms with E-state index in [-0.39, 0.29) is 5.91 Å². The average Bonchev–Trinajstić information content (AvgIpc) is 3.13. The van der Waals surface area contributed by atoms with Crippen molar-refractivity contribution in [2.75, 3.05) is 13.1 Å². The number of hydrogen-bond donors (Lipinski definition) is 0. The maximum absolute atomic E-state index is 12.4. The van der Waals surface area contributed by atoms with E-state index in [4.69, 9.17) is 16.1 Å². The number of aromatic nitrogens is 2. The van der Waals surface area contributed by atoms with Crippen molar-refractivity contribution in [1.29, 1.82) is 0 Å².